The third-order valence-corrected chi connectivity index (χ3v) is 3.03. The highest BCUT2D eigenvalue weighted by Gasteiger charge is 2.16. The third kappa shape index (κ3) is 8.66. The second kappa shape index (κ2) is 11.1. The van der Waals surface area contributed by atoms with Crippen LogP contribution in [0.3, 0.4) is 0 Å². The molecule has 0 radical (unpaired) electrons. The highest BCUT2D eigenvalue weighted by Crippen LogP contribution is 2.14. The van der Waals surface area contributed by atoms with Crippen molar-refractivity contribution in [3.05, 3.63) is 0 Å². The summed E-state index contributed by atoms with van der Waals surface area (Å²) in [6.07, 6.45) is 3.77. The zero-order chi connectivity index (χ0) is 11.1. The number of carbonyl (C=O) groups is 1. The van der Waals surface area contributed by atoms with Gasteiger partial charge in [0.25, 0.3) is 0 Å². The van der Waals surface area contributed by atoms with Crippen LogP contribution >= 0.6 is 24.8 Å². The van der Waals surface area contributed by atoms with E-state index in [0.29, 0.717) is 18.9 Å². The number of nitrogens with zero attached hydrogens (tertiary/aromatic N) is 1. The molecule has 1 rings (SSSR count). The van der Waals surface area contributed by atoms with Crippen molar-refractivity contribution in [1.29, 1.82) is 0 Å². The van der Waals surface area contributed by atoms with Crippen molar-refractivity contribution in [2.75, 3.05) is 33.2 Å². The Balaban J connectivity index is 0. The minimum absolute atomic E-state index is 0. The number of likely N-dealkylation sites (tertiary alicyclic amines) is 1. The van der Waals surface area contributed by atoms with E-state index in [2.05, 4.69) is 17.3 Å². The Kier molecular flexibility index (Phi) is 12.6. The van der Waals surface area contributed by atoms with E-state index in [4.69, 9.17) is 5.73 Å². The number of hydrogen-bond acceptors (Lipinski definition) is 3. The molecule has 104 valence electrons. The molecule has 1 aliphatic rings. The van der Waals surface area contributed by atoms with E-state index in [1.165, 1.54) is 12.8 Å². The SMILES string of the molecule is CN1CCC(CNC(=O)CCCN)CC1.Cl.Cl. The molecular formula is C11H25Cl2N3O. The molecule has 0 aliphatic carbocycles. The molecule has 1 saturated heterocycles. The summed E-state index contributed by atoms with van der Waals surface area (Å²) in [5.41, 5.74) is 5.35. The number of hydrogen-bond donors (Lipinski definition) is 2. The van der Waals surface area contributed by atoms with Gasteiger partial charge in [-0.25, -0.2) is 0 Å². The average molecular weight is 286 g/mol. The fourth-order valence-corrected chi connectivity index (χ4v) is 1.88. The monoisotopic (exact) mass is 285 g/mol. The molecule has 0 spiro atoms. The summed E-state index contributed by atoms with van der Waals surface area (Å²) in [7, 11) is 2.15. The first kappa shape index (κ1) is 19.3. The van der Waals surface area contributed by atoms with Gasteiger partial charge in [-0.05, 0) is 51.9 Å². The number of nitrogens with one attached hydrogen (secondary N) is 1. The summed E-state index contributed by atoms with van der Waals surface area (Å²) in [6.45, 7) is 3.76. The molecule has 1 fully saturated rings. The predicted octanol–water partition coefficient (Wildman–Crippen LogP) is 1.03. The van der Waals surface area contributed by atoms with Gasteiger partial charge in [0.15, 0.2) is 0 Å². The first-order chi connectivity index (χ1) is 7.22. The van der Waals surface area contributed by atoms with E-state index >= 15 is 0 Å². The quantitative estimate of drug-likeness (QED) is 0.793. The second-order valence-electron chi connectivity index (χ2n) is 4.44. The molecule has 1 amide bonds. The Labute approximate surface area is 117 Å². The lowest BCUT2D eigenvalue weighted by atomic mass is 9.97. The van der Waals surface area contributed by atoms with E-state index in [1.54, 1.807) is 0 Å². The maximum atomic E-state index is 11.3. The number of piperidine rings is 1. The van der Waals surface area contributed by atoms with Crippen LogP contribution < -0.4 is 11.1 Å². The maximum absolute atomic E-state index is 11.3. The Bertz CT molecular complexity index is 197. The lowest BCUT2D eigenvalue weighted by Gasteiger charge is -2.28. The highest BCUT2D eigenvalue weighted by atomic mass is 35.5. The van der Waals surface area contributed by atoms with Gasteiger partial charge in [0.1, 0.15) is 0 Å². The third-order valence-electron chi connectivity index (χ3n) is 3.03. The van der Waals surface area contributed by atoms with E-state index in [1.807, 2.05) is 0 Å². The van der Waals surface area contributed by atoms with Crippen LogP contribution in [0.15, 0.2) is 0 Å². The summed E-state index contributed by atoms with van der Waals surface area (Å²) >= 11 is 0. The summed E-state index contributed by atoms with van der Waals surface area (Å²) in [6, 6.07) is 0. The van der Waals surface area contributed by atoms with E-state index < -0.39 is 0 Å². The maximum Gasteiger partial charge on any atom is 0.220 e. The van der Waals surface area contributed by atoms with Gasteiger partial charge in [-0.1, -0.05) is 0 Å². The van der Waals surface area contributed by atoms with Gasteiger partial charge >= 0.3 is 0 Å². The van der Waals surface area contributed by atoms with Crippen LogP contribution in [0.2, 0.25) is 0 Å². The molecule has 17 heavy (non-hydrogen) atoms. The summed E-state index contributed by atoms with van der Waals surface area (Å²) < 4.78 is 0. The summed E-state index contributed by atoms with van der Waals surface area (Å²) in [4.78, 5) is 13.7. The van der Waals surface area contributed by atoms with Gasteiger partial charge in [0.2, 0.25) is 5.91 Å². The van der Waals surface area contributed by atoms with Gasteiger partial charge in [-0.3, -0.25) is 4.79 Å². The van der Waals surface area contributed by atoms with E-state index in [-0.39, 0.29) is 30.7 Å². The lowest BCUT2D eigenvalue weighted by molar-refractivity contribution is -0.121. The van der Waals surface area contributed by atoms with Crippen molar-refractivity contribution < 1.29 is 4.79 Å². The molecule has 0 unspecified atom stereocenters. The number of rotatable bonds is 5. The molecule has 1 heterocycles. The fraction of sp³-hybridized carbons (Fsp3) is 0.909. The van der Waals surface area contributed by atoms with E-state index in [0.717, 1.165) is 26.1 Å². The minimum Gasteiger partial charge on any atom is -0.356 e. The largest absolute Gasteiger partial charge is 0.356 e. The van der Waals surface area contributed by atoms with Gasteiger partial charge < -0.3 is 16.0 Å². The van der Waals surface area contributed by atoms with Crippen LogP contribution in [0.5, 0.6) is 0 Å². The topological polar surface area (TPSA) is 58.4 Å². The van der Waals surface area contributed by atoms with Crippen molar-refractivity contribution in [3.63, 3.8) is 0 Å². The average Bonchev–Trinajstić information content (AvgIpc) is 2.25. The van der Waals surface area contributed by atoms with Gasteiger partial charge in [-0.15, -0.1) is 24.8 Å². The standard InChI is InChI=1S/C11H23N3O.2ClH/c1-14-7-4-10(5-8-14)9-13-11(15)3-2-6-12;;/h10H,2-9,12H2,1H3,(H,13,15);2*1H. The summed E-state index contributed by atoms with van der Waals surface area (Å²) in [5, 5.41) is 2.99. The van der Waals surface area contributed by atoms with Crippen LogP contribution in [-0.2, 0) is 4.79 Å². The van der Waals surface area contributed by atoms with Crippen molar-refractivity contribution in [3.8, 4) is 0 Å². The Morgan fingerprint density at radius 3 is 2.47 bits per heavy atom. The van der Waals surface area contributed by atoms with Gasteiger partial charge in [0, 0.05) is 13.0 Å². The molecule has 0 aromatic rings. The molecule has 3 N–H and O–H groups in total. The fourth-order valence-electron chi connectivity index (χ4n) is 1.88. The van der Waals surface area contributed by atoms with Crippen molar-refractivity contribution in [2.45, 2.75) is 25.7 Å². The highest BCUT2D eigenvalue weighted by molar-refractivity contribution is 5.85. The Morgan fingerprint density at radius 1 is 1.35 bits per heavy atom. The van der Waals surface area contributed by atoms with Crippen molar-refractivity contribution >= 4 is 30.7 Å². The Hall–Kier alpha value is -0.0300. The van der Waals surface area contributed by atoms with Crippen LogP contribution in [0.1, 0.15) is 25.7 Å². The number of amides is 1. The molecule has 0 saturated carbocycles. The van der Waals surface area contributed by atoms with Crippen LogP contribution in [-0.4, -0.2) is 44.0 Å². The molecule has 6 heteroatoms. The molecule has 0 aromatic heterocycles. The molecule has 0 atom stereocenters. The molecule has 1 aliphatic heterocycles. The summed E-state index contributed by atoms with van der Waals surface area (Å²) in [5.74, 6) is 0.822. The predicted molar refractivity (Wildman–Crippen MR) is 76.0 cm³/mol. The smallest absolute Gasteiger partial charge is 0.220 e. The molecular weight excluding hydrogens is 261 g/mol. The lowest BCUT2D eigenvalue weighted by Crippen LogP contribution is -2.36. The van der Waals surface area contributed by atoms with Gasteiger partial charge in [-0.2, -0.15) is 0 Å². The second-order valence-corrected chi connectivity index (χ2v) is 4.44. The normalized spacial score (nSPS) is 16.8. The van der Waals surface area contributed by atoms with Gasteiger partial charge in [0.05, 0.1) is 0 Å². The first-order valence-corrected chi connectivity index (χ1v) is 5.87. The van der Waals surface area contributed by atoms with Crippen LogP contribution in [0.25, 0.3) is 0 Å². The van der Waals surface area contributed by atoms with Crippen molar-refractivity contribution in [2.24, 2.45) is 11.7 Å². The van der Waals surface area contributed by atoms with Crippen molar-refractivity contribution in [1.82, 2.24) is 10.2 Å². The zero-order valence-corrected chi connectivity index (χ0v) is 12.1. The minimum atomic E-state index is 0. The van der Waals surface area contributed by atoms with Crippen LogP contribution in [0, 0.1) is 5.92 Å². The Morgan fingerprint density at radius 2 is 1.94 bits per heavy atom. The molecule has 0 bridgehead atoms. The molecule has 0 aromatic carbocycles. The number of nitrogens with two attached hydrogens (primary N) is 1. The van der Waals surface area contributed by atoms with E-state index in [9.17, 15) is 4.79 Å². The number of halogens is 2. The van der Waals surface area contributed by atoms with Crippen LogP contribution in [0.4, 0.5) is 0 Å². The first-order valence-electron chi connectivity index (χ1n) is 5.87. The zero-order valence-electron chi connectivity index (χ0n) is 10.5. The molecule has 4 nitrogen and oxygen atoms in total. The number of carbonyl (C=O) groups excluding carboxylic acids is 1.